The second kappa shape index (κ2) is 5.89. The highest BCUT2D eigenvalue weighted by molar-refractivity contribution is 9.10. The van der Waals surface area contributed by atoms with Crippen molar-refractivity contribution in [2.24, 2.45) is 0 Å². The van der Waals surface area contributed by atoms with Crippen molar-refractivity contribution in [2.45, 2.75) is 13.5 Å². The molecule has 2 rings (SSSR count). The van der Waals surface area contributed by atoms with Crippen LogP contribution in [0.5, 0.6) is 0 Å². The van der Waals surface area contributed by atoms with Gasteiger partial charge in [0, 0.05) is 22.8 Å². The minimum absolute atomic E-state index is 0.765. The van der Waals surface area contributed by atoms with Crippen LogP contribution in [0, 0.1) is 0 Å². The van der Waals surface area contributed by atoms with Gasteiger partial charge < -0.3 is 5.32 Å². The van der Waals surface area contributed by atoms with Crippen LogP contribution in [-0.2, 0) is 6.54 Å². The Bertz CT molecular complexity index is 500. The van der Waals surface area contributed by atoms with Crippen LogP contribution < -0.4 is 5.32 Å². The van der Waals surface area contributed by atoms with E-state index < -0.39 is 0 Å². The zero-order valence-electron chi connectivity index (χ0n) is 9.65. The number of benzene rings is 1. The third-order valence-electron chi connectivity index (χ3n) is 2.35. The van der Waals surface area contributed by atoms with Gasteiger partial charge in [-0.05, 0) is 24.7 Å². The van der Waals surface area contributed by atoms with Gasteiger partial charge in [0.1, 0.15) is 0 Å². The van der Waals surface area contributed by atoms with Crippen molar-refractivity contribution in [3.05, 3.63) is 46.7 Å². The molecule has 17 heavy (non-hydrogen) atoms. The molecule has 1 N–H and O–H groups in total. The molecule has 0 aliphatic heterocycles. The Labute approximate surface area is 109 Å². The lowest BCUT2D eigenvalue weighted by molar-refractivity contribution is 0.709. The SMILES string of the molecule is CCNCc1ccnc(-c2cccc(Br)c2)n1. The van der Waals surface area contributed by atoms with Crippen LogP contribution >= 0.6 is 15.9 Å². The lowest BCUT2D eigenvalue weighted by Gasteiger charge is -2.04. The molecule has 0 aliphatic rings. The molecule has 1 aromatic carbocycles. The van der Waals surface area contributed by atoms with E-state index in [0.717, 1.165) is 34.6 Å². The van der Waals surface area contributed by atoms with E-state index in [1.165, 1.54) is 0 Å². The fourth-order valence-electron chi connectivity index (χ4n) is 1.51. The molecule has 0 saturated carbocycles. The van der Waals surface area contributed by atoms with E-state index in [1.54, 1.807) is 6.20 Å². The Morgan fingerprint density at radius 2 is 2.18 bits per heavy atom. The van der Waals surface area contributed by atoms with Crippen LogP contribution in [0.3, 0.4) is 0 Å². The minimum Gasteiger partial charge on any atom is -0.311 e. The summed E-state index contributed by atoms with van der Waals surface area (Å²) in [6.45, 7) is 3.80. The van der Waals surface area contributed by atoms with Gasteiger partial charge in [-0.25, -0.2) is 9.97 Å². The lowest BCUT2D eigenvalue weighted by atomic mass is 10.2. The first-order chi connectivity index (χ1) is 8.29. The van der Waals surface area contributed by atoms with Crippen LogP contribution in [0.25, 0.3) is 11.4 Å². The highest BCUT2D eigenvalue weighted by atomic mass is 79.9. The minimum atomic E-state index is 0.765. The van der Waals surface area contributed by atoms with Gasteiger partial charge in [0.2, 0.25) is 0 Å². The first kappa shape index (κ1) is 12.2. The summed E-state index contributed by atoms with van der Waals surface area (Å²) in [5, 5.41) is 3.26. The first-order valence-corrected chi connectivity index (χ1v) is 6.37. The van der Waals surface area contributed by atoms with E-state index in [1.807, 2.05) is 30.3 Å². The van der Waals surface area contributed by atoms with Crippen LogP contribution in [0.15, 0.2) is 41.0 Å². The average Bonchev–Trinajstić information content (AvgIpc) is 2.37. The Balaban J connectivity index is 2.26. The third-order valence-corrected chi connectivity index (χ3v) is 2.85. The summed E-state index contributed by atoms with van der Waals surface area (Å²) in [5.41, 5.74) is 2.04. The highest BCUT2D eigenvalue weighted by Crippen LogP contribution is 2.19. The molecule has 0 fully saturated rings. The molecule has 1 aromatic heterocycles. The van der Waals surface area contributed by atoms with Crippen LogP contribution in [0.2, 0.25) is 0 Å². The van der Waals surface area contributed by atoms with Crippen molar-refractivity contribution in [1.82, 2.24) is 15.3 Å². The molecular formula is C13H14BrN3. The highest BCUT2D eigenvalue weighted by Gasteiger charge is 2.02. The molecule has 0 atom stereocenters. The fourth-order valence-corrected chi connectivity index (χ4v) is 1.91. The molecule has 0 saturated heterocycles. The number of nitrogens with zero attached hydrogens (tertiary/aromatic N) is 2. The van der Waals surface area contributed by atoms with E-state index in [9.17, 15) is 0 Å². The maximum absolute atomic E-state index is 4.53. The van der Waals surface area contributed by atoms with Gasteiger partial charge in [-0.15, -0.1) is 0 Å². The summed E-state index contributed by atoms with van der Waals surface area (Å²) < 4.78 is 1.04. The Morgan fingerprint density at radius 1 is 1.29 bits per heavy atom. The van der Waals surface area contributed by atoms with Crippen molar-refractivity contribution < 1.29 is 0 Å². The molecule has 1 heterocycles. The molecule has 2 aromatic rings. The fraction of sp³-hybridized carbons (Fsp3) is 0.231. The molecule has 3 nitrogen and oxygen atoms in total. The topological polar surface area (TPSA) is 37.8 Å². The largest absolute Gasteiger partial charge is 0.311 e. The smallest absolute Gasteiger partial charge is 0.159 e. The summed E-state index contributed by atoms with van der Waals surface area (Å²) >= 11 is 3.45. The van der Waals surface area contributed by atoms with E-state index in [4.69, 9.17) is 0 Å². The van der Waals surface area contributed by atoms with Crippen LogP contribution in [-0.4, -0.2) is 16.5 Å². The molecular weight excluding hydrogens is 278 g/mol. The van der Waals surface area contributed by atoms with Crippen LogP contribution in [0.1, 0.15) is 12.6 Å². The molecule has 0 spiro atoms. The maximum atomic E-state index is 4.53. The van der Waals surface area contributed by atoms with Crippen molar-refractivity contribution in [1.29, 1.82) is 0 Å². The number of halogens is 1. The van der Waals surface area contributed by atoms with Gasteiger partial charge in [-0.1, -0.05) is 35.0 Å². The quantitative estimate of drug-likeness (QED) is 0.941. The van der Waals surface area contributed by atoms with Gasteiger partial charge >= 0.3 is 0 Å². The molecule has 0 unspecified atom stereocenters. The van der Waals surface area contributed by atoms with Gasteiger partial charge in [0.05, 0.1) is 5.69 Å². The second-order valence-electron chi connectivity index (χ2n) is 3.66. The van der Waals surface area contributed by atoms with Gasteiger partial charge in [0.25, 0.3) is 0 Å². The summed E-state index contributed by atoms with van der Waals surface area (Å²) in [5.74, 6) is 0.765. The number of nitrogens with one attached hydrogen (secondary N) is 1. The van der Waals surface area contributed by atoms with E-state index in [-0.39, 0.29) is 0 Å². The summed E-state index contributed by atoms with van der Waals surface area (Å²) in [6, 6.07) is 9.94. The molecule has 0 amide bonds. The zero-order chi connectivity index (χ0) is 12.1. The second-order valence-corrected chi connectivity index (χ2v) is 4.58. The van der Waals surface area contributed by atoms with E-state index >= 15 is 0 Å². The predicted octanol–water partition coefficient (Wildman–Crippen LogP) is 3.02. The Kier molecular flexibility index (Phi) is 4.23. The molecule has 88 valence electrons. The molecule has 0 bridgehead atoms. The normalized spacial score (nSPS) is 10.5. The molecule has 4 heteroatoms. The lowest BCUT2D eigenvalue weighted by Crippen LogP contribution is -2.13. The van der Waals surface area contributed by atoms with E-state index in [2.05, 4.69) is 38.1 Å². The summed E-state index contributed by atoms with van der Waals surface area (Å²) in [6.07, 6.45) is 1.80. The Morgan fingerprint density at radius 3 is 2.94 bits per heavy atom. The van der Waals surface area contributed by atoms with Gasteiger partial charge in [-0.3, -0.25) is 0 Å². The first-order valence-electron chi connectivity index (χ1n) is 5.58. The standard InChI is InChI=1S/C13H14BrN3/c1-2-15-9-12-6-7-16-13(17-12)10-4-3-5-11(14)8-10/h3-8,15H,2,9H2,1H3. The van der Waals surface area contributed by atoms with Gasteiger partial charge in [0.15, 0.2) is 5.82 Å². The van der Waals surface area contributed by atoms with Crippen molar-refractivity contribution >= 4 is 15.9 Å². The van der Waals surface area contributed by atoms with E-state index in [0.29, 0.717) is 0 Å². The van der Waals surface area contributed by atoms with Crippen molar-refractivity contribution in [3.8, 4) is 11.4 Å². The zero-order valence-corrected chi connectivity index (χ0v) is 11.2. The van der Waals surface area contributed by atoms with Crippen LogP contribution in [0.4, 0.5) is 0 Å². The molecule has 0 aliphatic carbocycles. The Hall–Kier alpha value is -1.26. The summed E-state index contributed by atoms with van der Waals surface area (Å²) in [7, 11) is 0. The average molecular weight is 292 g/mol. The van der Waals surface area contributed by atoms with Crippen molar-refractivity contribution in [3.63, 3.8) is 0 Å². The number of hydrogen-bond donors (Lipinski definition) is 1. The third kappa shape index (κ3) is 3.35. The van der Waals surface area contributed by atoms with Crippen molar-refractivity contribution in [2.75, 3.05) is 6.54 Å². The predicted molar refractivity (Wildman–Crippen MR) is 72.5 cm³/mol. The van der Waals surface area contributed by atoms with Gasteiger partial charge in [-0.2, -0.15) is 0 Å². The molecule has 0 radical (unpaired) electrons. The summed E-state index contributed by atoms with van der Waals surface area (Å²) in [4.78, 5) is 8.83. The number of aromatic nitrogens is 2. The number of hydrogen-bond acceptors (Lipinski definition) is 3. The maximum Gasteiger partial charge on any atom is 0.159 e. The number of rotatable bonds is 4. The monoisotopic (exact) mass is 291 g/mol.